The van der Waals surface area contributed by atoms with E-state index < -0.39 is 0 Å². The molecule has 7 nitrogen and oxygen atoms in total. The molecule has 2 aromatic rings. The van der Waals surface area contributed by atoms with Gasteiger partial charge in [-0.3, -0.25) is 4.79 Å². The zero-order chi connectivity index (χ0) is 18.4. The van der Waals surface area contributed by atoms with Crippen LogP contribution in [0.4, 0.5) is 0 Å². The Hall–Kier alpha value is -2.25. The lowest BCUT2D eigenvalue weighted by Crippen LogP contribution is -2.38. The summed E-state index contributed by atoms with van der Waals surface area (Å²) in [5, 5.41) is 0. The lowest BCUT2D eigenvalue weighted by molar-refractivity contribution is 0.0604. The fraction of sp³-hybridized carbons (Fsp3) is 0.526. The van der Waals surface area contributed by atoms with Crippen LogP contribution in [0.25, 0.3) is 0 Å². The number of rotatable bonds is 7. The predicted molar refractivity (Wildman–Crippen MR) is 94.9 cm³/mol. The average molecular weight is 359 g/mol. The Kier molecular flexibility index (Phi) is 6.35. The quantitative estimate of drug-likeness (QED) is 0.707. The van der Waals surface area contributed by atoms with Crippen molar-refractivity contribution in [3.05, 3.63) is 47.4 Å². The Morgan fingerprint density at radius 3 is 2.85 bits per heavy atom. The number of aromatic nitrogens is 2. The summed E-state index contributed by atoms with van der Waals surface area (Å²) in [6.45, 7) is 4.91. The van der Waals surface area contributed by atoms with E-state index in [9.17, 15) is 4.79 Å². The van der Waals surface area contributed by atoms with Crippen molar-refractivity contribution in [1.82, 2.24) is 14.9 Å². The molecule has 0 radical (unpaired) electrons. The molecule has 2 aromatic heterocycles. The predicted octanol–water partition coefficient (Wildman–Crippen LogP) is 2.56. The smallest absolute Gasteiger partial charge is 0.257 e. The molecule has 0 atom stereocenters. The van der Waals surface area contributed by atoms with E-state index in [1.807, 2.05) is 18.0 Å². The number of ether oxygens (including phenoxy) is 2. The third kappa shape index (κ3) is 4.47. The number of hydrogen-bond donors (Lipinski definition) is 0. The van der Waals surface area contributed by atoms with Gasteiger partial charge in [0.05, 0.1) is 37.3 Å². The minimum atomic E-state index is 0.0270. The SMILES string of the molecule is COCCOCc1cnc(C)nc1C1CCN(C(=O)c2ccoc2)CC1. The number of carbonyl (C=O) groups excluding carboxylic acids is 1. The van der Waals surface area contributed by atoms with Crippen LogP contribution in [-0.4, -0.2) is 54.2 Å². The number of furan rings is 1. The maximum Gasteiger partial charge on any atom is 0.257 e. The second-order valence-electron chi connectivity index (χ2n) is 6.45. The van der Waals surface area contributed by atoms with Crippen molar-refractivity contribution in [2.45, 2.75) is 32.3 Å². The zero-order valence-electron chi connectivity index (χ0n) is 15.3. The van der Waals surface area contributed by atoms with E-state index in [4.69, 9.17) is 13.9 Å². The molecule has 0 saturated carbocycles. The molecule has 3 rings (SSSR count). The van der Waals surface area contributed by atoms with Gasteiger partial charge in [0.25, 0.3) is 5.91 Å². The molecule has 0 aliphatic carbocycles. The third-order valence-corrected chi connectivity index (χ3v) is 4.64. The highest BCUT2D eigenvalue weighted by molar-refractivity contribution is 5.93. The Morgan fingerprint density at radius 2 is 2.15 bits per heavy atom. The molecule has 1 saturated heterocycles. The molecule has 0 spiro atoms. The summed E-state index contributed by atoms with van der Waals surface area (Å²) in [6.07, 6.45) is 6.64. The van der Waals surface area contributed by atoms with Crippen molar-refractivity contribution in [2.24, 2.45) is 0 Å². The largest absolute Gasteiger partial charge is 0.472 e. The van der Waals surface area contributed by atoms with Crippen LogP contribution >= 0.6 is 0 Å². The van der Waals surface area contributed by atoms with Crippen LogP contribution in [-0.2, 0) is 16.1 Å². The molecule has 0 unspecified atom stereocenters. The molecule has 0 aromatic carbocycles. The first kappa shape index (κ1) is 18.5. The molecule has 1 fully saturated rings. The number of methoxy groups -OCH3 is 1. The lowest BCUT2D eigenvalue weighted by Gasteiger charge is -2.32. The number of carbonyl (C=O) groups is 1. The Morgan fingerprint density at radius 1 is 1.35 bits per heavy atom. The minimum absolute atomic E-state index is 0.0270. The minimum Gasteiger partial charge on any atom is -0.472 e. The van der Waals surface area contributed by atoms with Gasteiger partial charge in [-0.05, 0) is 25.8 Å². The van der Waals surface area contributed by atoms with Crippen molar-refractivity contribution in [1.29, 1.82) is 0 Å². The van der Waals surface area contributed by atoms with Crippen LogP contribution in [0.1, 0.15) is 46.2 Å². The van der Waals surface area contributed by atoms with Crippen LogP contribution in [0, 0.1) is 6.92 Å². The second kappa shape index (κ2) is 8.91. The van der Waals surface area contributed by atoms with Gasteiger partial charge in [-0.2, -0.15) is 0 Å². The van der Waals surface area contributed by atoms with Crippen LogP contribution in [0.5, 0.6) is 0 Å². The van der Waals surface area contributed by atoms with Gasteiger partial charge in [-0.25, -0.2) is 9.97 Å². The molecule has 7 heteroatoms. The maximum atomic E-state index is 12.4. The highest BCUT2D eigenvalue weighted by Crippen LogP contribution is 2.30. The zero-order valence-corrected chi connectivity index (χ0v) is 15.3. The standard InChI is InChI=1S/C19H25N3O4/c1-14-20-11-17(13-26-10-9-24-2)18(21-14)15-3-6-22(7-4-15)19(23)16-5-8-25-12-16/h5,8,11-12,15H,3-4,6-7,9-10,13H2,1-2H3. The summed E-state index contributed by atoms with van der Waals surface area (Å²) in [7, 11) is 1.66. The van der Waals surface area contributed by atoms with E-state index in [1.165, 1.54) is 12.5 Å². The van der Waals surface area contributed by atoms with Gasteiger partial charge in [0.2, 0.25) is 0 Å². The Labute approximate surface area is 153 Å². The number of amides is 1. The van der Waals surface area contributed by atoms with Crippen molar-refractivity contribution >= 4 is 5.91 Å². The van der Waals surface area contributed by atoms with E-state index in [0.717, 1.165) is 29.9 Å². The van der Waals surface area contributed by atoms with Crippen LogP contribution in [0.2, 0.25) is 0 Å². The van der Waals surface area contributed by atoms with E-state index in [-0.39, 0.29) is 5.91 Å². The molecule has 140 valence electrons. The molecule has 3 heterocycles. The van der Waals surface area contributed by atoms with Crippen molar-refractivity contribution in [3.63, 3.8) is 0 Å². The molecule has 26 heavy (non-hydrogen) atoms. The van der Waals surface area contributed by atoms with E-state index in [1.54, 1.807) is 13.2 Å². The molecule has 0 bridgehead atoms. The van der Waals surface area contributed by atoms with Gasteiger partial charge < -0.3 is 18.8 Å². The fourth-order valence-corrected chi connectivity index (χ4v) is 3.23. The molecule has 1 amide bonds. The third-order valence-electron chi connectivity index (χ3n) is 4.64. The first-order chi connectivity index (χ1) is 12.7. The van der Waals surface area contributed by atoms with E-state index in [0.29, 0.717) is 44.4 Å². The summed E-state index contributed by atoms with van der Waals surface area (Å²) in [4.78, 5) is 23.3. The van der Waals surface area contributed by atoms with Crippen molar-refractivity contribution < 1.29 is 18.7 Å². The van der Waals surface area contributed by atoms with Crippen LogP contribution < -0.4 is 0 Å². The first-order valence-corrected chi connectivity index (χ1v) is 8.89. The maximum absolute atomic E-state index is 12.4. The fourth-order valence-electron chi connectivity index (χ4n) is 3.23. The highest BCUT2D eigenvalue weighted by atomic mass is 16.5. The summed E-state index contributed by atoms with van der Waals surface area (Å²) >= 11 is 0. The van der Waals surface area contributed by atoms with Gasteiger partial charge in [0, 0.05) is 37.9 Å². The molecule has 1 aliphatic rings. The monoisotopic (exact) mass is 359 g/mol. The molecule has 0 N–H and O–H groups in total. The topological polar surface area (TPSA) is 77.7 Å². The number of likely N-dealkylation sites (tertiary alicyclic amines) is 1. The van der Waals surface area contributed by atoms with Crippen molar-refractivity contribution in [3.8, 4) is 0 Å². The summed E-state index contributed by atoms with van der Waals surface area (Å²) < 4.78 is 15.7. The van der Waals surface area contributed by atoms with Crippen molar-refractivity contribution in [2.75, 3.05) is 33.4 Å². The van der Waals surface area contributed by atoms with Gasteiger partial charge in [0.1, 0.15) is 12.1 Å². The van der Waals surface area contributed by atoms with Gasteiger partial charge in [-0.15, -0.1) is 0 Å². The first-order valence-electron chi connectivity index (χ1n) is 8.89. The number of hydrogen-bond acceptors (Lipinski definition) is 6. The Bertz CT molecular complexity index is 710. The normalized spacial score (nSPS) is 15.4. The molecular weight excluding hydrogens is 334 g/mol. The van der Waals surface area contributed by atoms with E-state index >= 15 is 0 Å². The second-order valence-corrected chi connectivity index (χ2v) is 6.45. The van der Waals surface area contributed by atoms with E-state index in [2.05, 4.69) is 9.97 Å². The highest BCUT2D eigenvalue weighted by Gasteiger charge is 2.27. The number of nitrogens with zero attached hydrogens (tertiary/aromatic N) is 3. The van der Waals surface area contributed by atoms with Crippen LogP contribution in [0.3, 0.4) is 0 Å². The lowest BCUT2D eigenvalue weighted by atomic mass is 9.90. The van der Waals surface area contributed by atoms with Crippen LogP contribution in [0.15, 0.2) is 29.2 Å². The van der Waals surface area contributed by atoms with Gasteiger partial charge >= 0.3 is 0 Å². The summed E-state index contributed by atoms with van der Waals surface area (Å²) in [5.41, 5.74) is 2.67. The average Bonchev–Trinajstić information content (AvgIpc) is 3.20. The summed E-state index contributed by atoms with van der Waals surface area (Å²) in [5.74, 6) is 1.10. The van der Waals surface area contributed by atoms with Gasteiger partial charge in [0.15, 0.2) is 0 Å². The molecular formula is C19H25N3O4. The van der Waals surface area contributed by atoms with Gasteiger partial charge in [-0.1, -0.05) is 0 Å². The number of aryl methyl sites for hydroxylation is 1. The number of piperidine rings is 1. The molecule has 1 aliphatic heterocycles. The summed E-state index contributed by atoms with van der Waals surface area (Å²) in [6, 6.07) is 1.71. The Balaban J connectivity index is 1.63.